The summed E-state index contributed by atoms with van der Waals surface area (Å²) in [5.41, 5.74) is 0. The number of hydrogen-bond acceptors (Lipinski definition) is 2. The molecular weight excluding hydrogens is 254 g/mol. The molecule has 0 spiro atoms. The standard InChI is InChI=1S/C13H16ClNO3/c14-11-3-1-2-4-12(11)18-9-10-5-7-15(8-6-10)13(16)17/h1-4,10H,5-9H2,(H,16,17). The van der Waals surface area contributed by atoms with Crippen molar-refractivity contribution in [3.63, 3.8) is 0 Å². The van der Waals surface area contributed by atoms with Crippen LogP contribution in [0.4, 0.5) is 4.79 Å². The van der Waals surface area contributed by atoms with Crippen LogP contribution < -0.4 is 4.74 Å². The zero-order chi connectivity index (χ0) is 13.0. The van der Waals surface area contributed by atoms with Gasteiger partial charge in [-0.15, -0.1) is 0 Å². The molecule has 1 amide bonds. The molecule has 0 radical (unpaired) electrons. The molecule has 98 valence electrons. The monoisotopic (exact) mass is 269 g/mol. The number of para-hydroxylation sites is 1. The smallest absolute Gasteiger partial charge is 0.407 e. The van der Waals surface area contributed by atoms with Gasteiger partial charge in [-0.25, -0.2) is 4.79 Å². The maximum atomic E-state index is 10.8. The second-order valence-electron chi connectivity index (χ2n) is 4.45. The summed E-state index contributed by atoms with van der Waals surface area (Å²) in [5.74, 6) is 1.09. The van der Waals surface area contributed by atoms with E-state index in [1.165, 1.54) is 4.90 Å². The van der Waals surface area contributed by atoms with E-state index in [9.17, 15) is 4.79 Å². The molecule has 1 N–H and O–H groups in total. The first-order valence-electron chi connectivity index (χ1n) is 6.02. The fourth-order valence-electron chi connectivity index (χ4n) is 2.06. The maximum absolute atomic E-state index is 10.8. The minimum atomic E-state index is -0.833. The molecule has 1 fully saturated rings. The number of amides is 1. The molecule has 1 aromatic carbocycles. The Morgan fingerprint density at radius 2 is 2.06 bits per heavy atom. The van der Waals surface area contributed by atoms with Gasteiger partial charge in [-0.2, -0.15) is 0 Å². The van der Waals surface area contributed by atoms with E-state index >= 15 is 0 Å². The molecule has 0 unspecified atom stereocenters. The number of likely N-dealkylation sites (tertiary alicyclic amines) is 1. The van der Waals surface area contributed by atoms with Gasteiger partial charge in [0.15, 0.2) is 0 Å². The Labute approximate surface area is 111 Å². The molecule has 0 aromatic heterocycles. The molecule has 18 heavy (non-hydrogen) atoms. The Kier molecular flexibility index (Phi) is 4.31. The molecule has 1 aliphatic heterocycles. The van der Waals surface area contributed by atoms with E-state index in [0.29, 0.717) is 36.4 Å². The van der Waals surface area contributed by atoms with E-state index in [0.717, 1.165) is 12.8 Å². The van der Waals surface area contributed by atoms with Crippen LogP contribution in [0.15, 0.2) is 24.3 Å². The lowest BCUT2D eigenvalue weighted by Crippen LogP contribution is -2.38. The molecule has 0 atom stereocenters. The van der Waals surface area contributed by atoms with Crippen molar-refractivity contribution in [3.8, 4) is 5.75 Å². The van der Waals surface area contributed by atoms with Gasteiger partial charge in [0.1, 0.15) is 5.75 Å². The lowest BCUT2D eigenvalue weighted by Gasteiger charge is -2.29. The number of ether oxygens (including phenoxy) is 1. The first kappa shape index (κ1) is 13.0. The van der Waals surface area contributed by atoms with Crippen LogP contribution in [0.25, 0.3) is 0 Å². The highest BCUT2D eigenvalue weighted by Crippen LogP contribution is 2.25. The van der Waals surface area contributed by atoms with E-state index < -0.39 is 6.09 Å². The van der Waals surface area contributed by atoms with Crippen molar-refractivity contribution in [2.24, 2.45) is 5.92 Å². The maximum Gasteiger partial charge on any atom is 0.407 e. The van der Waals surface area contributed by atoms with Crippen LogP contribution in [0.1, 0.15) is 12.8 Å². The van der Waals surface area contributed by atoms with Crippen LogP contribution in [0.3, 0.4) is 0 Å². The second-order valence-corrected chi connectivity index (χ2v) is 4.86. The minimum Gasteiger partial charge on any atom is -0.492 e. The molecule has 1 heterocycles. The van der Waals surface area contributed by atoms with Gasteiger partial charge in [-0.05, 0) is 30.9 Å². The molecule has 5 heteroatoms. The summed E-state index contributed by atoms with van der Waals surface area (Å²) in [6.45, 7) is 1.77. The number of hydrogen-bond donors (Lipinski definition) is 1. The SMILES string of the molecule is O=C(O)N1CCC(COc2ccccc2Cl)CC1. The molecule has 2 rings (SSSR count). The number of piperidine rings is 1. The van der Waals surface area contributed by atoms with Gasteiger partial charge >= 0.3 is 6.09 Å². The van der Waals surface area contributed by atoms with Crippen molar-refractivity contribution in [2.45, 2.75) is 12.8 Å². The molecule has 1 aromatic rings. The molecule has 0 bridgehead atoms. The van der Waals surface area contributed by atoms with Gasteiger partial charge in [-0.3, -0.25) is 0 Å². The number of halogens is 1. The van der Waals surface area contributed by atoms with Gasteiger partial charge in [-0.1, -0.05) is 23.7 Å². The van der Waals surface area contributed by atoms with Crippen molar-refractivity contribution in [1.29, 1.82) is 0 Å². The number of benzene rings is 1. The Morgan fingerprint density at radius 1 is 1.39 bits per heavy atom. The normalized spacial score (nSPS) is 16.6. The fraction of sp³-hybridized carbons (Fsp3) is 0.462. The molecule has 0 aliphatic carbocycles. The zero-order valence-electron chi connectivity index (χ0n) is 10.0. The first-order chi connectivity index (χ1) is 8.66. The van der Waals surface area contributed by atoms with Crippen molar-refractivity contribution in [3.05, 3.63) is 29.3 Å². The van der Waals surface area contributed by atoms with Gasteiger partial charge in [0.2, 0.25) is 0 Å². The average Bonchev–Trinajstić information content (AvgIpc) is 2.38. The Hall–Kier alpha value is -1.42. The highest BCUT2D eigenvalue weighted by molar-refractivity contribution is 6.32. The number of rotatable bonds is 3. The molecular formula is C13H16ClNO3. The minimum absolute atomic E-state index is 0.400. The molecule has 0 saturated carbocycles. The predicted octanol–water partition coefficient (Wildman–Crippen LogP) is 3.11. The third-order valence-corrected chi connectivity index (χ3v) is 3.51. The topological polar surface area (TPSA) is 49.8 Å². The zero-order valence-corrected chi connectivity index (χ0v) is 10.8. The quantitative estimate of drug-likeness (QED) is 0.917. The van der Waals surface area contributed by atoms with Crippen molar-refractivity contribution >= 4 is 17.7 Å². The van der Waals surface area contributed by atoms with Gasteiger partial charge in [0.25, 0.3) is 0 Å². The first-order valence-corrected chi connectivity index (χ1v) is 6.40. The van der Waals surface area contributed by atoms with Crippen molar-refractivity contribution in [1.82, 2.24) is 4.90 Å². The summed E-state index contributed by atoms with van der Waals surface area (Å²) in [6.07, 6.45) is 0.855. The summed E-state index contributed by atoms with van der Waals surface area (Å²) in [4.78, 5) is 12.2. The van der Waals surface area contributed by atoms with Crippen LogP contribution in [0, 0.1) is 5.92 Å². The second kappa shape index (κ2) is 5.96. The summed E-state index contributed by atoms with van der Waals surface area (Å²) in [7, 11) is 0. The fourth-order valence-corrected chi connectivity index (χ4v) is 2.25. The Balaban J connectivity index is 1.79. The van der Waals surface area contributed by atoms with E-state index in [1.807, 2.05) is 18.2 Å². The van der Waals surface area contributed by atoms with Crippen molar-refractivity contribution in [2.75, 3.05) is 19.7 Å². The highest BCUT2D eigenvalue weighted by Gasteiger charge is 2.22. The largest absolute Gasteiger partial charge is 0.492 e. The van der Waals surface area contributed by atoms with E-state index in [4.69, 9.17) is 21.4 Å². The van der Waals surface area contributed by atoms with Crippen molar-refractivity contribution < 1.29 is 14.6 Å². The van der Waals surface area contributed by atoms with E-state index in [1.54, 1.807) is 6.07 Å². The molecule has 1 aliphatic rings. The summed E-state index contributed by atoms with van der Waals surface area (Å²) in [5, 5.41) is 9.46. The summed E-state index contributed by atoms with van der Waals surface area (Å²) >= 11 is 6.00. The predicted molar refractivity (Wildman–Crippen MR) is 69.3 cm³/mol. The van der Waals surface area contributed by atoms with E-state index in [-0.39, 0.29) is 0 Å². The summed E-state index contributed by atoms with van der Waals surface area (Å²) < 4.78 is 5.67. The third-order valence-electron chi connectivity index (χ3n) is 3.20. The van der Waals surface area contributed by atoms with E-state index in [2.05, 4.69) is 0 Å². The number of carbonyl (C=O) groups is 1. The molecule has 4 nitrogen and oxygen atoms in total. The molecule has 1 saturated heterocycles. The van der Waals surface area contributed by atoms with Gasteiger partial charge < -0.3 is 14.7 Å². The Morgan fingerprint density at radius 3 is 2.67 bits per heavy atom. The van der Waals surface area contributed by atoms with Gasteiger partial charge in [0, 0.05) is 13.1 Å². The van der Waals surface area contributed by atoms with Crippen LogP contribution in [0.2, 0.25) is 5.02 Å². The highest BCUT2D eigenvalue weighted by atomic mass is 35.5. The lowest BCUT2D eigenvalue weighted by molar-refractivity contribution is 0.112. The lowest BCUT2D eigenvalue weighted by atomic mass is 9.98. The summed E-state index contributed by atoms with van der Waals surface area (Å²) in [6, 6.07) is 7.38. The average molecular weight is 270 g/mol. The Bertz CT molecular complexity index is 416. The number of carboxylic acid groups (broad SMARTS) is 1. The van der Waals surface area contributed by atoms with Crippen LogP contribution in [-0.4, -0.2) is 35.8 Å². The van der Waals surface area contributed by atoms with Gasteiger partial charge in [0.05, 0.1) is 11.6 Å². The van der Waals surface area contributed by atoms with Crippen LogP contribution >= 0.6 is 11.6 Å². The third kappa shape index (κ3) is 3.29. The number of nitrogens with zero attached hydrogens (tertiary/aromatic N) is 1. The van der Waals surface area contributed by atoms with Crippen LogP contribution in [-0.2, 0) is 0 Å². The van der Waals surface area contributed by atoms with Crippen LogP contribution in [0.5, 0.6) is 5.75 Å².